The number of benzene rings is 2. The zero-order valence-corrected chi connectivity index (χ0v) is 18.9. The second kappa shape index (κ2) is 10.1. The summed E-state index contributed by atoms with van der Waals surface area (Å²) >= 11 is 0. The van der Waals surface area contributed by atoms with Crippen molar-refractivity contribution in [2.45, 2.75) is 39.0 Å². The van der Waals surface area contributed by atoms with E-state index in [0.29, 0.717) is 30.4 Å². The van der Waals surface area contributed by atoms with Gasteiger partial charge in [-0.2, -0.15) is 5.26 Å². The fourth-order valence-corrected chi connectivity index (χ4v) is 3.89. The Hall–Kier alpha value is -3.92. The van der Waals surface area contributed by atoms with Crippen molar-refractivity contribution in [3.63, 3.8) is 0 Å². The van der Waals surface area contributed by atoms with Gasteiger partial charge in [0.25, 0.3) is 0 Å². The van der Waals surface area contributed by atoms with Gasteiger partial charge in [0, 0.05) is 11.1 Å². The first-order valence-electron chi connectivity index (χ1n) is 11.3. The van der Waals surface area contributed by atoms with Gasteiger partial charge in [-0.25, -0.2) is 0 Å². The number of unbranched alkanes of at least 4 members (excludes halogenated alkanes) is 1. The van der Waals surface area contributed by atoms with Gasteiger partial charge in [0.2, 0.25) is 11.8 Å². The van der Waals surface area contributed by atoms with Crippen LogP contribution in [0.3, 0.4) is 0 Å². The molecule has 0 spiro atoms. The number of nitriles is 1. The van der Waals surface area contributed by atoms with E-state index in [1.165, 1.54) is 0 Å². The predicted octanol–water partition coefficient (Wildman–Crippen LogP) is 5.26. The van der Waals surface area contributed by atoms with Crippen LogP contribution in [0, 0.1) is 11.3 Å². The minimum Gasteiger partial charge on any atom is -0.494 e. The van der Waals surface area contributed by atoms with Crippen LogP contribution in [-0.2, 0) is 0 Å². The number of nitrogens with zero attached hydrogens (tertiary/aromatic N) is 2. The summed E-state index contributed by atoms with van der Waals surface area (Å²) < 4.78 is 17.5. The Kier molecular flexibility index (Phi) is 6.84. The third-order valence-electron chi connectivity index (χ3n) is 5.54. The number of aromatic nitrogens is 2. The van der Waals surface area contributed by atoms with Gasteiger partial charge in [-0.15, -0.1) is 5.10 Å². The molecule has 1 aliphatic rings. The highest BCUT2D eigenvalue weighted by atomic mass is 16.5. The van der Waals surface area contributed by atoms with Crippen LogP contribution in [0.25, 0.3) is 11.3 Å². The zero-order valence-electron chi connectivity index (χ0n) is 18.9. The SMILES string of the molecule is CCCCOc1ccc(-c2[nH]nc3c2[C@@H](c2ccccc2OCCC)C(C#N)=C(N)O3)cc1. The van der Waals surface area contributed by atoms with Gasteiger partial charge in [-0.05, 0) is 43.2 Å². The van der Waals surface area contributed by atoms with Crippen LogP contribution >= 0.6 is 0 Å². The lowest BCUT2D eigenvalue weighted by atomic mass is 9.82. The number of aromatic amines is 1. The van der Waals surface area contributed by atoms with Crippen molar-refractivity contribution < 1.29 is 14.2 Å². The summed E-state index contributed by atoms with van der Waals surface area (Å²) in [7, 11) is 0. The minimum absolute atomic E-state index is 0.0537. The molecule has 0 radical (unpaired) electrons. The fraction of sp³-hybridized carbons (Fsp3) is 0.308. The van der Waals surface area contributed by atoms with Gasteiger partial charge >= 0.3 is 0 Å². The van der Waals surface area contributed by atoms with E-state index in [2.05, 4.69) is 30.1 Å². The van der Waals surface area contributed by atoms with Gasteiger partial charge in [0.05, 0.1) is 30.4 Å². The monoisotopic (exact) mass is 444 g/mol. The molecule has 0 aliphatic carbocycles. The largest absolute Gasteiger partial charge is 0.494 e. The Labute approximate surface area is 193 Å². The number of allylic oxidation sites excluding steroid dienone is 1. The van der Waals surface area contributed by atoms with Gasteiger partial charge < -0.3 is 19.9 Å². The molecule has 2 heterocycles. The van der Waals surface area contributed by atoms with Crippen molar-refractivity contribution in [2.24, 2.45) is 5.73 Å². The number of hydrogen-bond donors (Lipinski definition) is 2. The van der Waals surface area contributed by atoms with Gasteiger partial charge in [0.15, 0.2) is 0 Å². The van der Waals surface area contributed by atoms with E-state index in [4.69, 9.17) is 19.9 Å². The van der Waals surface area contributed by atoms with Gasteiger partial charge in [0.1, 0.15) is 23.1 Å². The first-order chi connectivity index (χ1) is 16.2. The average molecular weight is 445 g/mol. The van der Waals surface area contributed by atoms with Crippen LogP contribution < -0.4 is 19.9 Å². The van der Waals surface area contributed by atoms with Crippen molar-refractivity contribution in [2.75, 3.05) is 13.2 Å². The minimum atomic E-state index is -0.471. The molecule has 0 saturated carbocycles. The Morgan fingerprint density at radius 2 is 1.85 bits per heavy atom. The first kappa shape index (κ1) is 22.3. The topological polar surface area (TPSA) is 106 Å². The lowest BCUT2D eigenvalue weighted by Gasteiger charge is -2.25. The van der Waals surface area contributed by atoms with E-state index >= 15 is 0 Å². The second-order valence-corrected chi connectivity index (χ2v) is 7.85. The van der Waals surface area contributed by atoms with E-state index in [0.717, 1.165) is 47.4 Å². The van der Waals surface area contributed by atoms with E-state index < -0.39 is 5.92 Å². The summed E-state index contributed by atoms with van der Waals surface area (Å²) in [5.41, 5.74) is 9.74. The Morgan fingerprint density at radius 1 is 1.06 bits per heavy atom. The molecule has 1 aliphatic heterocycles. The number of nitrogens with one attached hydrogen (secondary N) is 1. The van der Waals surface area contributed by atoms with Crippen LogP contribution in [-0.4, -0.2) is 23.4 Å². The molecule has 7 nitrogen and oxygen atoms in total. The molecule has 0 saturated heterocycles. The number of hydrogen-bond acceptors (Lipinski definition) is 6. The van der Waals surface area contributed by atoms with Crippen LogP contribution in [0.5, 0.6) is 17.4 Å². The van der Waals surface area contributed by atoms with Crippen LogP contribution in [0.2, 0.25) is 0 Å². The second-order valence-electron chi connectivity index (χ2n) is 7.85. The highest BCUT2D eigenvalue weighted by molar-refractivity contribution is 5.72. The molecular formula is C26H28N4O3. The molecule has 0 bridgehead atoms. The first-order valence-corrected chi connectivity index (χ1v) is 11.3. The Morgan fingerprint density at radius 3 is 2.58 bits per heavy atom. The van der Waals surface area contributed by atoms with Gasteiger partial charge in [-0.1, -0.05) is 38.5 Å². The predicted molar refractivity (Wildman–Crippen MR) is 126 cm³/mol. The Balaban J connectivity index is 1.77. The fourth-order valence-electron chi connectivity index (χ4n) is 3.89. The highest BCUT2D eigenvalue weighted by Gasteiger charge is 2.37. The molecule has 3 N–H and O–H groups in total. The maximum atomic E-state index is 9.97. The molecule has 0 fully saturated rings. The molecule has 33 heavy (non-hydrogen) atoms. The van der Waals surface area contributed by atoms with Crippen molar-refractivity contribution >= 4 is 0 Å². The van der Waals surface area contributed by atoms with Gasteiger partial charge in [-0.3, -0.25) is 5.10 Å². The molecule has 3 aromatic rings. The number of rotatable bonds is 9. The lowest BCUT2D eigenvalue weighted by molar-refractivity contribution is 0.309. The van der Waals surface area contributed by atoms with Crippen LogP contribution in [0.15, 0.2) is 60.0 Å². The molecule has 4 rings (SSSR count). The zero-order chi connectivity index (χ0) is 23.2. The van der Waals surface area contributed by atoms with Crippen LogP contribution in [0.4, 0.5) is 0 Å². The average Bonchev–Trinajstić information content (AvgIpc) is 3.26. The summed E-state index contributed by atoms with van der Waals surface area (Å²) in [5, 5.41) is 17.4. The third kappa shape index (κ3) is 4.51. The molecule has 0 unspecified atom stereocenters. The molecule has 1 aromatic heterocycles. The molecule has 1 atom stereocenters. The third-order valence-corrected chi connectivity index (χ3v) is 5.54. The van der Waals surface area contributed by atoms with Crippen molar-refractivity contribution in [3.8, 4) is 34.7 Å². The molecule has 2 aromatic carbocycles. The number of ether oxygens (including phenoxy) is 3. The quantitative estimate of drug-likeness (QED) is 0.436. The lowest BCUT2D eigenvalue weighted by Crippen LogP contribution is -2.21. The summed E-state index contributed by atoms with van der Waals surface area (Å²) in [6.45, 7) is 5.45. The van der Waals surface area contributed by atoms with Crippen molar-refractivity contribution in [1.82, 2.24) is 10.2 Å². The number of fused-ring (bicyclic) bond motifs is 1. The highest BCUT2D eigenvalue weighted by Crippen LogP contribution is 2.47. The van der Waals surface area contributed by atoms with Crippen molar-refractivity contribution in [1.29, 1.82) is 5.26 Å². The normalized spacial score (nSPS) is 14.9. The Bertz CT molecular complexity index is 1170. The van der Waals surface area contributed by atoms with Crippen molar-refractivity contribution in [3.05, 3.63) is 71.1 Å². The summed E-state index contributed by atoms with van der Waals surface area (Å²) in [5.74, 6) is 1.47. The number of nitrogens with two attached hydrogens (primary N) is 1. The summed E-state index contributed by atoms with van der Waals surface area (Å²) in [6.07, 6.45) is 2.97. The molecule has 7 heteroatoms. The van der Waals surface area contributed by atoms with E-state index in [9.17, 15) is 5.26 Å². The van der Waals surface area contributed by atoms with E-state index in [1.807, 2.05) is 48.5 Å². The molecule has 170 valence electrons. The number of para-hydroxylation sites is 1. The van der Waals surface area contributed by atoms with Crippen LogP contribution in [0.1, 0.15) is 50.2 Å². The maximum absolute atomic E-state index is 9.97. The van der Waals surface area contributed by atoms with E-state index in [1.54, 1.807) is 0 Å². The maximum Gasteiger partial charge on any atom is 0.244 e. The molecule has 0 amide bonds. The number of H-pyrrole nitrogens is 1. The molecular weight excluding hydrogens is 416 g/mol. The summed E-state index contributed by atoms with van der Waals surface area (Å²) in [6, 6.07) is 17.8. The summed E-state index contributed by atoms with van der Waals surface area (Å²) in [4.78, 5) is 0. The van der Waals surface area contributed by atoms with E-state index in [-0.39, 0.29) is 5.88 Å². The smallest absolute Gasteiger partial charge is 0.244 e. The standard InChI is InChI=1S/C26H28N4O3/c1-3-5-15-31-18-12-10-17(11-13-18)24-23-22(19-8-6-7-9-21(19)32-14-4-2)20(16-27)25(28)33-26(23)30-29-24/h6-13,22H,3-5,14-15,28H2,1-2H3,(H,29,30)/t22-/m0/s1.